The Morgan fingerprint density at radius 2 is 2.00 bits per heavy atom. The Morgan fingerprint density at radius 1 is 2.00 bits per heavy atom. The topological polar surface area (TPSA) is 0 Å². The summed E-state index contributed by atoms with van der Waals surface area (Å²) in [4.78, 5) is 0. The van der Waals surface area contributed by atoms with Crippen molar-refractivity contribution in [2.45, 2.75) is 0 Å². The molecule has 0 heterocycles. The average molecular weight is 210 g/mol. The molecular formula is FIS2. The largest absolute Gasteiger partial charge is 0.151 e. The van der Waals surface area contributed by atoms with E-state index < -0.39 is 7.01 Å². The Labute approximate surface area is 43.2 Å². The molecule has 0 amide bonds. The highest BCUT2D eigenvalue weighted by Crippen LogP contribution is 1.91. The molecule has 0 N–H and O–H groups in total. The Hall–Kier alpha value is 1.23. The lowest BCUT2D eigenvalue weighted by Crippen LogP contribution is -1.37. The standard InChI is InChI=1S/FIS2/c1-4(2)3. The SMILES string of the molecule is FS(=S)I. The Bertz CT molecular complexity index is 29.0. The Kier molecular flexibility index (Phi) is 3.22. The van der Waals surface area contributed by atoms with Crippen molar-refractivity contribution in [2.75, 3.05) is 0 Å². The van der Waals surface area contributed by atoms with Crippen LogP contribution in [0.1, 0.15) is 0 Å². The van der Waals surface area contributed by atoms with Crippen molar-refractivity contribution in [1.82, 2.24) is 0 Å². The molecule has 0 aliphatic rings. The highest BCUT2D eigenvalue weighted by atomic mass is 127. The molecule has 1 atom stereocenters. The molecular weight excluding hydrogens is 210 g/mol. The summed E-state index contributed by atoms with van der Waals surface area (Å²) in [5.74, 6) is 0. The van der Waals surface area contributed by atoms with E-state index in [0.29, 0.717) is 0 Å². The molecule has 0 fully saturated rings. The van der Waals surface area contributed by atoms with E-state index in [1.165, 1.54) is 21.2 Å². The van der Waals surface area contributed by atoms with Gasteiger partial charge in [0.15, 0.2) is 0 Å². The summed E-state index contributed by atoms with van der Waals surface area (Å²) in [5.41, 5.74) is 0. The molecule has 0 bridgehead atoms. The highest BCUT2D eigenvalue weighted by molar-refractivity contribution is 14.2. The smallest absolute Gasteiger partial charge is 0.118 e. The summed E-state index contributed by atoms with van der Waals surface area (Å²) >= 11 is 5.49. The monoisotopic (exact) mass is 210 g/mol. The maximum atomic E-state index is 10.8. The van der Waals surface area contributed by atoms with Gasteiger partial charge >= 0.3 is 0 Å². The Morgan fingerprint density at radius 3 is 2.00 bits per heavy atom. The van der Waals surface area contributed by atoms with Crippen LogP contribution < -0.4 is 0 Å². The minimum atomic E-state index is -1.31. The van der Waals surface area contributed by atoms with E-state index >= 15 is 0 Å². The van der Waals surface area contributed by atoms with Gasteiger partial charge in [-0.2, -0.15) is 3.89 Å². The second-order valence-electron chi connectivity index (χ2n) is 0.184. The van der Waals surface area contributed by atoms with Crippen LogP contribution in [0.15, 0.2) is 0 Å². The molecule has 0 radical (unpaired) electrons. The summed E-state index contributed by atoms with van der Waals surface area (Å²) < 4.78 is 10.8. The number of hydrogen-bond acceptors (Lipinski definition) is 1. The summed E-state index contributed by atoms with van der Waals surface area (Å²) in [7, 11) is -1.31. The lowest BCUT2D eigenvalue weighted by Gasteiger charge is -1.55. The highest BCUT2D eigenvalue weighted by Gasteiger charge is 1.62. The summed E-state index contributed by atoms with van der Waals surface area (Å²) in [6.45, 7) is 0. The van der Waals surface area contributed by atoms with Crippen molar-refractivity contribution in [3.8, 4) is 0 Å². The third-order valence-corrected chi connectivity index (χ3v) is 0. The van der Waals surface area contributed by atoms with E-state index in [-0.39, 0.29) is 0 Å². The molecule has 1 unspecified atom stereocenters. The first-order valence-corrected chi connectivity index (χ1v) is 5.07. The van der Waals surface area contributed by atoms with Gasteiger partial charge in [-0.15, -0.1) is 0 Å². The number of rotatable bonds is 0. The minimum Gasteiger partial charge on any atom is -0.151 e. The lowest BCUT2D eigenvalue weighted by atomic mass is 18.9. The fourth-order valence-corrected chi connectivity index (χ4v) is 0. The molecule has 26 valence electrons. The van der Waals surface area contributed by atoms with Gasteiger partial charge in [0.25, 0.3) is 0 Å². The van der Waals surface area contributed by atoms with Crippen molar-refractivity contribution in [2.24, 2.45) is 0 Å². The molecule has 0 nitrogen and oxygen atoms in total. The van der Waals surface area contributed by atoms with E-state index in [1.807, 2.05) is 0 Å². The van der Waals surface area contributed by atoms with Gasteiger partial charge in [0.2, 0.25) is 0 Å². The van der Waals surface area contributed by atoms with Crippen molar-refractivity contribution in [1.29, 1.82) is 0 Å². The minimum absolute atomic E-state index is 1.31. The molecule has 0 spiro atoms. The van der Waals surface area contributed by atoms with Crippen molar-refractivity contribution >= 4 is 39.4 Å². The molecule has 0 rings (SSSR count). The first-order chi connectivity index (χ1) is 1.73. The first-order valence-electron chi connectivity index (χ1n) is 0.475. The van der Waals surface area contributed by atoms with Crippen LogP contribution in [0.5, 0.6) is 0 Å². The van der Waals surface area contributed by atoms with E-state index in [2.05, 4.69) is 11.2 Å². The molecule has 0 aromatic heterocycles. The molecule has 0 aromatic carbocycles. The van der Waals surface area contributed by atoms with E-state index in [0.717, 1.165) is 0 Å². The van der Waals surface area contributed by atoms with Crippen molar-refractivity contribution in [3.63, 3.8) is 0 Å². The Balaban J connectivity index is 2.80. The quantitative estimate of drug-likeness (QED) is 0.429. The van der Waals surface area contributed by atoms with Crippen LogP contribution in [0.3, 0.4) is 0 Å². The van der Waals surface area contributed by atoms with Crippen molar-refractivity contribution in [3.05, 3.63) is 0 Å². The molecule has 0 aliphatic carbocycles. The van der Waals surface area contributed by atoms with Gasteiger partial charge in [0.1, 0.15) is 7.01 Å². The zero-order chi connectivity index (χ0) is 3.58. The molecule has 4 heteroatoms. The summed E-state index contributed by atoms with van der Waals surface area (Å²) in [5, 5.41) is 0. The van der Waals surface area contributed by atoms with Crippen LogP contribution in [-0.2, 0) is 18.2 Å². The maximum absolute atomic E-state index is 10.8. The van der Waals surface area contributed by atoms with Crippen LogP contribution in [0.2, 0.25) is 0 Å². The van der Waals surface area contributed by atoms with Gasteiger partial charge in [-0.1, -0.05) is 0 Å². The van der Waals surface area contributed by atoms with Crippen molar-refractivity contribution < 1.29 is 3.89 Å². The normalized spacial score (nSPS) is 15.5. The second-order valence-corrected chi connectivity index (χ2v) is 5.54. The van der Waals surface area contributed by atoms with Gasteiger partial charge in [-0.05, 0) is 11.2 Å². The van der Waals surface area contributed by atoms with Gasteiger partial charge in [0.05, 0.1) is 0 Å². The fourth-order valence-electron chi connectivity index (χ4n) is 0. The van der Waals surface area contributed by atoms with Gasteiger partial charge in [0, 0.05) is 21.2 Å². The zero-order valence-electron chi connectivity index (χ0n) is 1.57. The fraction of sp³-hybridized carbons (Fsp3) is 0. The van der Waals surface area contributed by atoms with Crippen LogP contribution in [0.25, 0.3) is 0 Å². The molecule has 0 aromatic rings. The average Bonchev–Trinajstić information content (AvgIpc) is 0.811. The molecule has 0 aliphatic heterocycles. The van der Waals surface area contributed by atoms with E-state index in [4.69, 9.17) is 0 Å². The number of halogens is 2. The second kappa shape index (κ2) is 2.47. The molecule has 4 heavy (non-hydrogen) atoms. The predicted molar refractivity (Wildman–Crippen MR) is 29.9 cm³/mol. The third-order valence-electron chi connectivity index (χ3n) is 0. The van der Waals surface area contributed by atoms with Gasteiger partial charge in [-0.3, -0.25) is 0 Å². The molecule has 0 saturated heterocycles. The van der Waals surface area contributed by atoms with Crippen LogP contribution >= 0.6 is 21.2 Å². The summed E-state index contributed by atoms with van der Waals surface area (Å²) in [6.07, 6.45) is 0. The zero-order valence-corrected chi connectivity index (χ0v) is 5.36. The lowest BCUT2D eigenvalue weighted by molar-refractivity contribution is 0.948. The predicted octanol–water partition coefficient (Wildman–Crippen LogP) is 1.30. The number of hydrogen-bond donors (Lipinski definition) is 0. The van der Waals surface area contributed by atoms with Crippen LogP contribution in [0.4, 0.5) is 3.89 Å². The maximum Gasteiger partial charge on any atom is 0.118 e. The molecule has 0 saturated carbocycles. The first kappa shape index (κ1) is 5.23. The van der Waals surface area contributed by atoms with E-state index in [1.54, 1.807) is 0 Å². The van der Waals surface area contributed by atoms with E-state index in [9.17, 15) is 3.89 Å². The van der Waals surface area contributed by atoms with Gasteiger partial charge < -0.3 is 0 Å². The van der Waals surface area contributed by atoms with Crippen LogP contribution in [0, 0.1) is 0 Å². The third kappa shape index (κ3) is 10.6. The van der Waals surface area contributed by atoms with Crippen LogP contribution in [-0.4, -0.2) is 0 Å². The van der Waals surface area contributed by atoms with Gasteiger partial charge in [-0.25, -0.2) is 0 Å². The summed E-state index contributed by atoms with van der Waals surface area (Å²) in [6, 6.07) is 0.